The van der Waals surface area contributed by atoms with E-state index in [1.54, 1.807) is 11.3 Å². The van der Waals surface area contributed by atoms with Crippen molar-refractivity contribution in [2.45, 2.75) is 0 Å². The highest BCUT2D eigenvalue weighted by Crippen LogP contribution is 2.25. The zero-order chi connectivity index (χ0) is 21.5. The molecule has 0 saturated heterocycles. The Hall–Kier alpha value is -3.88. The fourth-order valence-corrected chi connectivity index (χ4v) is 5.06. The second-order valence-electron chi connectivity index (χ2n) is 7.10. The largest absolute Gasteiger partial charge is 0.291 e. The third kappa shape index (κ3) is 3.26. The maximum absolute atomic E-state index is 13.1. The first-order valence-electron chi connectivity index (χ1n) is 9.92. The molecule has 0 saturated carbocycles. The summed E-state index contributed by atoms with van der Waals surface area (Å²) in [5.74, 6) is 0.580. The summed E-state index contributed by atoms with van der Waals surface area (Å²) in [5.41, 5.74) is 3.44. The van der Waals surface area contributed by atoms with Crippen molar-refractivity contribution in [2.75, 3.05) is 0 Å². The zero-order valence-electron chi connectivity index (χ0n) is 16.6. The first-order valence-corrected chi connectivity index (χ1v) is 11.6. The van der Waals surface area contributed by atoms with Gasteiger partial charge in [-0.1, -0.05) is 65.9 Å². The van der Waals surface area contributed by atoms with Gasteiger partial charge >= 0.3 is 0 Å². The van der Waals surface area contributed by atoms with Crippen LogP contribution in [0.25, 0.3) is 38.7 Å². The van der Waals surface area contributed by atoms with Crippen molar-refractivity contribution in [3.8, 4) is 27.6 Å². The molecule has 4 heterocycles. The highest BCUT2D eigenvalue weighted by atomic mass is 32.1. The Bertz CT molecular complexity index is 1630. The highest BCUT2D eigenvalue weighted by molar-refractivity contribution is 7.15. The van der Waals surface area contributed by atoms with Gasteiger partial charge in [0.05, 0.1) is 20.8 Å². The molecule has 0 aliphatic rings. The number of benzene rings is 2. The normalized spacial score (nSPS) is 12.1. The van der Waals surface area contributed by atoms with Gasteiger partial charge in [-0.2, -0.15) is 14.6 Å². The molecule has 0 radical (unpaired) electrons. The number of hydrogen-bond acceptors (Lipinski definition) is 6. The van der Waals surface area contributed by atoms with Gasteiger partial charge in [0, 0.05) is 17.3 Å². The lowest BCUT2D eigenvalue weighted by molar-refractivity contribution is 0.884. The third-order valence-corrected chi connectivity index (χ3v) is 6.85. The molecule has 0 N–H and O–H groups in total. The van der Waals surface area contributed by atoms with Gasteiger partial charge < -0.3 is 0 Å². The van der Waals surface area contributed by atoms with E-state index < -0.39 is 0 Å². The van der Waals surface area contributed by atoms with Gasteiger partial charge in [-0.05, 0) is 29.7 Å². The van der Waals surface area contributed by atoms with Gasteiger partial charge in [-0.3, -0.25) is 4.79 Å². The van der Waals surface area contributed by atoms with E-state index in [1.807, 2.05) is 95.1 Å². The van der Waals surface area contributed by atoms with Crippen LogP contribution in [0.3, 0.4) is 0 Å². The first kappa shape index (κ1) is 18.9. The van der Waals surface area contributed by atoms with E-state index in [4.69, 9.17) is 5.10 Å². The molecule has 4 aromatic heterocycles. The smallest absolute Gasteiger partial charge is 0.266 e. The van der Waals surface area contributed by atoms with Crippen molar-refractivity contribution < 1.29 is 0 Å². The number of nitrogens with zero attached hydrogens (tertiary/aromatic N) is 5. The fraction of sp³-hybridized carbons (Fsp3) is 0. The van der Waals surface area contributed by atoms with Crippen molar-refractivity contribution in [3.05, 3.63) is 105 Å². The van der Waals surface area contributed by atoms with E-state index in [0.717, 1.165) is 27.4 Å². The van der Waals surface area contributed by atoms with Crippen LogP contribution in [0.15, 0.2) is 89.2 Å². The molecule has 6 rings (SSSR count). The molecular weight excluding hydrogens is 438 g/mol. The Balaban J connectivity index is 1.51. The van der Waals surface area contributed by atoms with Gasteiger partial charge in [0.15, 0.2) is 5.82 Å². The molecule has 0 amide bonds. The summed E-state index contributed by atoms with van der Waals surface area (Å²) in [6.07, 6.45) is 3.83. The van der Waals surface area contributed by atoms with Crippen LogP contribution in [0.4, 0.5) is 0 Å². The Labute approximate surface area is 190 Å². The van der Waals surface area contributed by atoms with Crippen LogP contribution < -0.4 is 10.1 Å². The number of para-hydroxylation sites is 1. The predicted molar refractivity (Wildman–Crippen MR) is 128 cm³/mol. The van der Waals surface area contributed by atoms with Gasteiger partial charge in [-0.15, -0.1) is 16.4 Å². The van der Waals surface area contributed by atoms with Crippen molar-refractivity contribution in [1.82, 2.24) is 24.4 Å². The van der Waals surface area contributed by atoms with E-state index >= 15 is 0 Å². The number of thiazole rings is 1. The van der Waals surface area contributed by atoms with E-state index in [2.05, 4.69) is 10.1 Å². The van der Waals surface area contributed by atoms with E-state index in [-0.39, 0.29) is 5.56 Å². The number of hydrogen-bond donors (Lipinski definition) is 0. The molecule has 32 heavy (non-hydrogen) atoms. The van der Waals surface area contributed by atoms with Crippen LogP contribution in [0.5, 0.6) is 0 Å². The minimum Gasteiger partial charge on any atom is -0.266 e. The highest BCUT2D eigenvalue weighted by Gasteiger charge is 2.15. The van der Waals surface area contributed by atoms with Gasteiger partial charge in [0.25, 0.3) is 5.56 Å². The second-order valence-corrected chi connectivity index (χ2v) is 9.06. The quantitative estimate of drug-likeness (QED) is 0.400. The second kappa shape index (κ2) is 7.67. The lowest BCUT2D eigenvalue weighted by atomic mass is 10.1. The number of rotatable bonds is 4. The summed E-state index contributed by atoms with van der Waals surface area (Å²) in [6.45, 7) is 0. The molecule has 0 fully saturated rings. The summed E-state index contributed by atoms with van der Waals surface area (Å²) < 4.78 is 3.79. The molecular formula is C24H15N5OS2. The van der Waals surface area contributed by atoms with Crippen LogP contribution in [0.2, 0.25) is 0 Å². The molecule has 154 valence electrons. The molecule has 0 aliphatic carbocycles. The average molecular weight is 454 g/mol. The van der Waals surface area contributed by atoms with E-state index in [9.17, 15) is 4.79 Å². The van der Waals surface area contributed by atoms with Crippen molar-refractivity contribution in [2.24, 2.45) is 0 Å². The van der Waals surface area contributed by atoms with Crippen LogP contribution in [0, 0.1) is 0 Å². The molecule has 0 aliphatic heterocycles. The minimum atomic E-state index is -0.174. The van der Waals surface area contributed by atoms with Crippen molar-refractivity contribution in [3.63, 3.8) is 0 Å². The molecule has 2 aromatic carbocycles. The summed E-state index contributed by atoms with van der Waals surface area (Å²) >= 11 is 2.89. The zero-order valence-corrected chi connectivity index (χ0v) is 18.3. The summed E-state index contributed by atoms with van der Waals surface area (Å²) in [6, 6.07) is 23.8. The fourth-order valence-electron chi connectivity index (χ4n) is 3.51. The summed E-state index contributed by atoms with van der Waals surface area (Å²) in [5, 5.41) is 11.2. The first-order chi connectivity index (χ1) is 15.8. The summed E-state index contributed by atoms with van der Waals surface area (Å²) in [4.78, 5) is 19.1. The average Bonchev–Trinajstić information content (AvgIpc) is 3.61. The number of fused-ring (bicyclic) bond motifs is 1. The Kier molecular flexibility index (Phi) is 4.52. The lowest BCUT2D eigenvalue weighted by Crippen LogP contribution is -2.23. The van der Waals surface area contributed by atoms with Crippen molar-refractivity contribution >= 4 is 33.7 Å². The monoisotopic (exact) mass is 453 g/mol. The van der Waals surface area contributed by atoms with Crippen LogP contribution >= 0.6 is 22.7 Å². The predicted octanol–water partition coefficient (Wildman–Crippen LogP) is 4.28. The topological polar surface area (TPSA) is 65.1 Å². The molecule has 6 nitrogen and oxygen atoms in total. The van der Waals surface area contributed by atoms with Gasteiger partial charge in [-0.25, -0.2) is 4.68 Å². The van der Waals surface area contributed by atoms with Gasteiger partial charge in [0.2, 0.25) is 4.96 Å². The third-order valence-electron chi connectivity index (χ3n) is 5.02. The van der Waals surface area contributed by atoms with Crippen LogP contribution in [0.1, 0.15) is 5.56 Å². The molecule has 8 heteroatoms. The Morgan fingerprint density at radius 2 is 1.66 bits per heavy atom. The molecule has 0 atom stereocenters. The standard InChI is InChI=1S/C24H15N5OS2/c30-23-20(32-24-25-22(27-29(23)24)19-12-7-13-31-19)14-17-15-28(18-10-5-2-6-11-18)26-21(17)16-8-3-1-4-9-16/h1-15H. The maximum atomic E-state index is 13.1. The van der Waals surface area contributed by atoms with E-state index in [0.29, 0.717) is 15.3 Å². The minimum absolute atomic E-state index is 0.174. The molecule has 0 spiro atoms. The lowest BCUT2D eigenvalue weighted by Gasteiger charge is -2.00. The Morgan fingerprint density at radius 1 is 0.875 bits per heavy atom. The molecule has 6 aromatic rings. The number of aromatic nitrogens is 5. The summed E-state index contributed by atoms with van der Waals surface area (Å²) in [7, 11) is 0. The van der Waals surface area contributed by atoms with Crippen molar-refractivity contribution in [1.29, 1.82) is 0 Å². The SMILES string of the molecule is O=c1c(=Cc2cn(-c3ccccc3)nc2-c2ccccc2)sc2nc(-c3cccs3)nn12. The molecule has 0 unspecified atom stereocenters. The van der Waals surface area contributed by atoms with Gasteiger partial charge in [0.1, 0.15) is 0 Å². The molecule has 0 bridgehead atoms. The van der Waals surface area contributed by atoms with Crippen LogP contribution in [-0.2, 0) is 0 Å². The van der Waals surface area contributed by atoms with Crippen LogP contribution in [-0.4, -0.2) is 24.4 Å². The maximum Gasteiger partial charge on any atom is 0.291 e. The Morgan fingerprint density at radius 3 is 2.38 bits per heavy atom. The van der Waals surface area contributed by atoms with E-state index in [1.165, 1.54) is 15.9 Å². The number of thiophene rings is 1.